The van der Waals surface area contributed by atoms with Gasteiger partial charge in [0.1, 0.15) is 13.2 Å². The highest BCUT2D eigenvalue weighted by molar-refractivity contribution is 5.71. The summed E-state index contributed by atoms with van der Waals surface area (Å²) in [4.78, 5) is 38.4. The van der Waals surface area contributed by atoms with E-state index in [1.54, 1.807) is 0 Å². The van der Waals surface area contributed by atoms with Gasteiger partial charge in [-0.05, 0) is 19.3 Å². The van der Waals surface area contributed by atoms with Crippen LogP contribution >= 0.6 is 0 Å². The van der Waals surface area contributed by atoms with E-state index in [0.29, 0.717) is 19.3 Å². The summed E-state index contributed by atoms with van der Waals surface area (Å²) < 4.78 is 17.0. The van der Waals surface area contributed by atoms with Gasteiger partial charge in [0.25, 0.3) is 0 Å². The first kappa shape index (κ1) is 74.4. The molecule has 6 nitrogen and oxygen atoms in total. The first-order valence-electron chi connectivity index (χ1n) is 35.0. The molecule has 0 rings (SSSR count). The Morgan fingerprint density at radius 1 is 0.211 bits per heavy atom. The highest BCUT2D eigenvalue weighted by Gasteiger charge is 2.19. The second-order valence-corrected chi connectivity index (χ2v) is 24.2. The molecular weight excluding hydrogens is 937 g/mol. The van der Waals surface area contributed by atoms with E-state index in [9.17, 15) is 14.4 Å². The molecule has 6 heteroatoms. The van der Waals surface area contributed by atoms with Crippen LogP contribution in [0.4, 0.5) is 0 Å². The van der Waals surface area contributed by atoms with Gasteiger partial charge < -0.3 is 14.2 Å². The summed E-state index contributed by atoms with van der Waals surface area (Å²) in [6.45, 7) is 6.75. The van der Waals surface area contributed by atoms with Gasteiger partial charge in [0.05, 0.1) is 0 Å². The standard InChI is InChI=1S/C70H136O6/c1-4-7-10-13-16-19-22-25-28-31-33-35-36-38-39-42-45-48-51-54-57-60-63-69(72)75-66-67(65-74-68(71)62-59-56-53-50-47-44-41-30-27-24-21-18-15-12-9-6-3)76-70(73)64-61-58-55-52-49-46-43-40-37-34-32-29-26-23-20-17-14-11-8-5-2/h67H,4-66H2,1-3H3. The van der Waals surface area contributed by atoms with Crippen LogP contribution in [0.2, 0.25) is 0 Å². The second-order valence-electron chi connectivity index (χ2n) is 24.2. The van der Waals surface area contributed by atoms with E-state index >= 15 is 0 Å². The van der Waals surface area contributed by atoms with Crippen LogP contribution in [0.25, 0.3) is 0 Å². The van der Waals surface area contributed by atoms with Crippen molar-refractivity contribution in [1.82, 2.24) is 0 Å². The van der Waals surface area contributed by atoms with E-state index in [4.69, 9.17) is 14.2 Å². The number of ether oxygens (including phenoxy) is 3. The Kier molecular flexibility index (Phi) is 64.5. The smallest absolute Gasteiger partial charge is 0.306 e. The number of rotatable bonds is 66. The van der Waals surface area contributed by atoms with Gasteiger partial charge in [-0.3, -0.25) is 14.4 Å². The molecule has 0 aliphatic rings. The minimum Gasteiger partial charge on any atom is -0.462 e. The van der Waals surface area contributed by atoms with Crippen LogP contribution in [-0.4, -0.2) is 37.2 Å². The topological polar surface area (TPSA) is 78.9 Å². The zero-order valence-electron chi connectivity index (χ0n) is 52.1. The van der Waals surface area contributed by atoms with Crippen LogP contribution in [0.5, 0.6) is 0 Å². The van der Waals surface area contributed by atoms with E-state index < -0.39 is 6.10 Å². The Morgan fingerprint density at radius 2 is 0.355 bits per heavy atom. The first-order valence-corrected chi connectivity index (χ1v) is 35.0. The Hall–Kier alpha value is -1.59. The Labute approximate surface area is 476 Å². The average molecular weight is 1070 g/mol. The summed E-state index contributed by atoms with van der Waals surface area (Å²) in [7, 11) is 0. The molecule has 452 valence electrons. The van der Waals surface area contributed by atoms with Gasteiger partial charge in [0.2, 0.25) is 0 Å². The molecule has 0 saturated heterocycles. The molecule has 0 fully saturated rings. The summed E-state index contributed by atoms with van der Waals surface area (Å²) in [6.07, 6.45) is 77.0. The van der Waals surface area contributed by atoms with Crippen molar-refractivity contribution in [3.63, 3.8) is 0 Å². The maximum atomic E-state index is 12.9. The van der Waals surface area contributed by atoms with E-state index in [-0.39, 0.29) is 31.1 Å². The molecule has 1 atom stereocenters. The second kappa shape index (κ2) is 65.9. The summed E-state index contributed by atoms with van der Waals surface area (Å²) >= 11 is 0. The van der Waals surface area contributed by atoms with Crippen LogP contribution in [0.1, 0.15) is 412 Å². The number of hydrogen-bond acceptors (Lipinski definition) is 6. The third-order valence-corrected chi connectivity index (χ3v) is 16.4. The van der Waals surface area contributed by atoms with Crippen molar-refractivity contribution in [2.45, 2.75) is 419 Å². The van der Waals surface area contributed by atoms with Gasteiger partial charge in [0.15, 0.2) is 6.10 Å². The molecule has 1 unspecified atom stereocenters. The van der Waals surface area contributed by atoms with E-state index in [1.807, 2.05) is 0 Å². The predicted molar refractivity (Wildman–Crippen MR) is 330 cm³/mol. The van der Waals surface area contributed by atoms with Gasteiger partial charge in [-0.1, -0.05) is 374 Å². The van der Waals surface area contributed by atoms with E-state index in [2.05, 4.69) is 20.8 Å². The maximum absolute atomic E-state index is 12.9. The maximum Gasteiger partial charge on any atom is 0.306 e. The lowest BCUT2D eigenvalue weighted by Gasteiger charge is -2.18. The average Bonchev–Trinajstić information content (AvgIpc) is 3.42. The van der Waals surface area contributed by atoms with Gasteiger partial charge in [-0.15, -0.1) is 0 Å². The predicted octanol–water partition coefficient (Wildman–Crippen LogP) is 23.8. The number of esters is 3. The number of carbonyl (C=O) groups excluding carboxylic acids is 3. The Bertz CT molecular complexity index is 1140. The molecular formula is C70H136O6. The van der Waals surface area contributed by atoms with Crippen molar-refractivity contribution in [3.05, 3.63) is 0 Å². The molecule has 0 aromatic rings. The summed E-state index contributed by atoms with van der Waals surface area (Å²) in [5.74, 6) is -0.818. The third-order valence-electron chi connectivity index (χ3n) is 16.4. The zero-order chi connectivity index (χ0) is 55.0. The Morgan fingerprint density at radius 3 is 0.526 bits per heavy atom. The SMILES string of the molecule is CCCCCCCCCCCCCCCCCCCCCCCCC(=O)OCC(COC(=O)CCCCCCCCCCCCCCCCCC)OC(=O)CCCCCCCCCCCCCCCCCCCCCC. The van der Waals surface area contributed by atoms with Gasteiger partial charge in [0, 0.05) is 19.3 Å². The molecule has 0 aliphatic heterocycles. The minimum atomic E-state index is -0.763. The van der Waals surface area contributed by atoms with Gasteiger partial charge in [-0.2, -0.15) is 0 Å². The van der Waals surface area contributed by atoms with Gasteiger partial charge >= 0.3 is 17.9 Å². The summed E-state index contributed by atoms with van der Waals surface area (Å²) in [5, 5.41) is 0. The third kappa shape index (κ3) is 63.2. The highest BCUT2D eigenvalue weighted by Crippen LogP contribution is 2.19. The van der Waals surface area contributed by atoms with Crippen molar-refractivity contribution in [3.8, 4) is 0 Å². The minimum absolute atomic E-state index is 0.0601. The molecule has 0 N–H and O–H groups in total. The molecule has 0 aliphatic carbocycles. The Balaban J connectivity index is 4.25. The van der Waals surface area contributed by atoms with Crippen LogP contribution < -0.4 is 0 Å². The molecule has 0 saturated carbocycles. The monoisotopic (exact) mass is 1070 g/mol. The largest absolute Gasteiger partial charge is 0.462 e. The van der Waals surface area contributed by atoms with Crippen LogP contribution in [-0.2, 0) is 28.6 Å². The fourth-order valence-corrected chi connectivity index (χ4v) is 11.1. The van der Waals surface area contributed by atoms with Crippen LogP contribution in [0.15, 0.2) is 0 Å². The van der Waals surface area contributed by atoms with E-state index in [0.717, 1.165) is 57.8 Å². The number of unbranched alkanes of at least 4 members (excludes halogenated alkanes) is 55. The van der Waals surface area contributed by atoms with Gasteiger partial charge in [-0.25, -0.2) is 0 Å². The fourth-order valence-electron chi connectivity index (χ4n) is 11.1. The lowest BCUT2D eigenvalue weighted by Crippen LogP contribution is -2.30. The molecule has 0 heterocycles. The lowest BCUT2D eigenvalue weighted by molar-refractivity contribution is -0.167. The highest BCUT2D eigenvalue weighted by atomic mass is 16.6. The number of carbonyl (C=O) groups is 3. The normalized spacial score (nSPS) is 11.9. The number of hydrogen-bond donors (Lipinski definition) is 0. The fraction of sp³-hybridized carbons (Fsp3) is 0.957. The lowest BCUT2D eigenvalue weighted by atomic mass is 10.0. The van der Waals surface area contributed by atoms with Crippen molar-refractivity contribution in [2.24, 2.45) is 0 Å². The van der Waals surface area contributed by atoms with Crippen molar-refractivity contribution in [1.29, 1.82) is 0 Å². The molecule has 0 aromatic carbocycles. The molecule has 0 radical (unpaired) electrons. The molecule has 0 amide bonds. The van der Waals surface area contributed by atoms with Crippen molar-refractivity contribution >= 4 is 17.9 Å². The first-order chi connectivity index (χ1) is 37.5. The quantitative estimate of drug-likeness (QED) is 0.0343. The zero-order valence-corrected chi connectivity index (χ0v) is 52.1. The molecule has 0 bridgehead atoms. The summed E-state index contributed by atoms with van der Waals surface area (Å²) in [5.41, 5.74) is 0. The van der Waals surface area contributed by atoms with Crippen LogP contribution in [0, 0.1) is 0 Å². The van der Waals surface area contributed by atoms with Crippen molar-refractivity contribution < 1.29 is 28.6 Å². The molecule has 0 spiro atoms. The van der Waals surface area contributed by atoms with Crippen LogP contribution in [0.3, 0.4) is 0 Å². The molecule has 0 aromatic heterocycles. The molecule has 76 heavy (non-hydrogen) atoms. The summed E-state index contributed by atoms with van der Waals surface area (Å²) in [6, 6.07) is 0. The van der Waals surface area contributed by atoms with E-state index in [1.165, 1.54) is 315 Å². The van der Waals surface area contributed by atoms with Crippen molar-refractivity contribution in [2.75, 3.05) is 13.2 Å².